The second-order valence-electron chi connectivity index (χ2n) is 5.52. The number of furan rings is 1. The van der Waals surface area contributed by atoms with Gasteiger partial charge < -0.3 is 19.4 Å². The molecule has 1 saturated heterocycles. The molecule has 2 amide bonds. The van der Waals surface area contributed by atoms with Crippen LogP contribution in [0.2, 0.25) is 0 Å². The van der Waals surface area contributed by atoms with Crippen LogP contribution >= 0.6 is 0 Å². The first-order valence-electron chi connectivity index (χ1n) is 7.22. The third-order valence-electron chi connectivity index (χ3n) is 3.65. The quantitative estimate of drug-likeness (QED) is 0.906. The molecule has 2 heterocycles. The number of nitrogens with one attached hydrogen (secondary N) is 1. The average molecular weight is 294 g/mol. The van der Waals surface area contributed by atoms with Gasteiger partial charge in [-0.1, -0.05) is 13.8 Å². The molecule has 6 heteroatoms. The normalized spacial score (nSPS) is 16.9. The van der Waals surface area contributed by atoms with Gasteiger partial charge in [-0.25, -0.2) is 0 Å². The summed E-state index contributed by atoms with van der Waals surface area (Å²) in [5.74, 6) is 0.231. The van der Waals surface area contributed by atoms with Crippen molar-refractivity contribution in [1.29, 1.82) is 0 Å². The number of carbonyl (C=O) groups is 2. The largest absolute Gasteiger partial charge is 0.469 e. The second kappa shape index (κ2) is 6.76. The molecule has 1 aliphatic heterocycles. The SMILES string of the molecule is Cc1occc1C(=O)N[C@H](C(=O)N1CCOCC1)C(C)C. The fraction of sp³-hybridized carbons (Fsp3) is 0.600. The number of rotatable bonds is 4. The molecule has 1 fully saturated rings. The molecule has 0 spiro atoms. The maximum atomic E-state index is 12.6. The first kappa shape index (κ1) is 15.6. The van der Waals surface area contributed by atoms with Gasteiger partial charge in [0.15, 0.2) is 0 Å². The van der Waals surface area contributed by atoms with Crippen molar-refractivity contribution in [3.05, 3.63) is 23.7 Å². The number of ether oxygens (including phenoxy) is 1. The van der Waals surface area contributed by atoms with Crippen LogP contribution in [-0.4, -0.2) is 49.1 Å². The molecular formula is C15H22N2O4. The molecule has 2 rings (SSSR count). The Kier molecular flexibility index (Phi) is 5.01. The van der Waals surface area contributed by atoms with E-state index >= 15 is 0 Å². The zero-order valence-electron chi connectivity index (χ0n) is 12.7. The monoisotopic (exact) mass is 294 g/mol. The zero-order valence-corrected chi connectivity index (χ0v) is 12.7. The van der Waals surface area contributed by atoms with Crippen molar-refractivity contribution in [3.63, 3.8) is 0 Å². The van der Waals surface area contributed by atoms with E-state index in [2.05, 4.69) is 5.32 Å². The Hall–Kier alpha value is -1.82. The Bertz CT molecular complexity index is 504. The van der Waals surface area contributed by atoms with Crippen LogP contribution < -0.4 is 5.32 Å². The summed E-state index contributed by atoms with van der Waals surface area (Å²) in [6.07, 6.45) is 1.47. The van der Waals surface area contributed by atoms with Gasteiger partial charge in [-0.3, -0.25) is 9.59 Å². The lowest BCUT2D eigenvalue weighted by molar-refractivity contribution is -0.138. The highest BCUT2D eigenvalue weighted by molar-refractivity contribution is 5.98. The van der Waals surface area contributed by atoms with Crippen molar-refractivity contribution in [1.82, 2.24) is 10.2 Å². The van der Waals surface area contributed by atoms with Gasteiger partial charge >= 0.3 is 0 Å². The lowest BCUT2D eigenvalue weighted by Crippen LogP contribution is -2.53. The highest BCUT2D eigenvalue weighted by Crippen LogP contribution is 2.12. The van der Waals surface area contributed by atoms with Crippen molar-refractivity contribution in [2.24, 2.45) is 5.92 Å². The van der Waals surface area contributed by atoms with E-state index in [9.17, 15) is 9.59 Å². The molecule has 1 aromatic heterocycles. The lowest BCUT2D eigenvalue weighted by Gasteiger charge is -2.32. The van der Waals surface area contributed by atoms with Crippen molar-refractivity contribution < 1.29 is 18.7 Å². The number of morpholine rings is 1. The van der Waals surface area contributed by atoms with Crippen molar-refractivity contribution >= 4 is 11.8 Å². The Labute approximate surface area is 124 Å². The van der Waals surface area contributed by atoms with E-state index in [-0.39, 0.29) is 17.7 Å². The predicted molar refractivity (Wildman–Crippen MR) is 76.9 cm³/mol. The van der Waals surface area contributed by atoms with E-state index in [0.29, 0.717) is 37.6 Å². The highest BCUT2D eigenvalue weighted by atomic mass is 16.5. The van der Waals surface area contributed by atoms with Gasteiger partial charge in [0.1, 0.15) is 11.8 Å². The Morgan fingerprint density at radius 3 is 2.48 bits per heavy atom. The first-order valence-corrected chi connectivity index (χ1v) is 7.22. The molecule has 116 valence electrons. The van der Waals surface area contributed by atoms with Gasteiger partial charge in [0, 0.05) is 13.1 Å². The van der Waals surface area contributed by atoms with Gasteiger partial charge in [-0.15, -0.1) is 0 Å². The van der Waals surface area contributed by atoms with Crippen LogP contribution in [0.25, 0.3) is 0 Å². The van der Waals surface area contributed by atoms with E-state index in [1.54, 1.807) is 17.9 Å². The standard InChI is InChI=1S/C15H22N2O4/c1-10(2)13(15(19)17-5-8-20-9-6-17)16-14(18)12-4-7-21-11(12)3/h4,7,10,13H,5-6,8-9H2,1-3H3,(H,16,18)/t13-/m0/s1. The first-order chi connectivity index (χ1) is 10.0. The fourth-order valence-corrected chi connectivity index (χ4v) is 2.33. The van der Waals surface area contributed by atoms with Crippen molar-refractivity contribution in [3.8, 4) is 0 Å². The van der Waals surface area contributed by atoms with Crippen LogP contribution in [0, 0.1) is 12.8 Å². The summed E-state index contributed by atoms with van der Waals surface area (Å²) in [6, 6.07) is 1.08. The lowest BCUT2D eigenvalue weighted by atomic mass is 10.0. The smallest absolute Gasteiger partial charge is 0.255 e. The minimum atomic E-state index is -0.537. The van der Waals surface area contributed by atoms with E-state index in [4.69, 9.17) is 9.15 Å². The third-order valence-corrected chi connectivity index (χ3v) is 3.65. The van der Waals surface area contributed by atoms with Gasteiger partial charge in [0.2, 0.25) is 5.91 Å². The number of carbonyl (C=O) groups excluding carboxylic acids is 2. The molecule has 0 aliphatic carbocycles. The van der Waals surface area contributed by atoms with Gasteiger partial charge in [0.05, 0.1) is 25.0 Å². The number of nitrogens with zero attached hydrogens (tertiary/aromatic N) is 1. The molecule has 1 aromatic rings. The van der Waals surface area contributed by atoms with Gasteiger partial charge in [0.25, 0.3) is 5.91 Å². The Morgan fingerprint density at radius 1 is 1.29 bits per heavy atom. The van der Waals surface area contributed by atoms with Crippen molar-refractivity contribution in [2.75, 3.05) is 26.3 Å². The fourth-order valence-electron chi connectivity index (χ4n) is 2.33. The average Bonchev–Trinajstić information content (AvgIpc) is 2.90. The van der Waals surface area contributed by atoms with Crippen LogP contribution in [0.5, 0.6) is 0 Å². The third kappa shape index (κ3) is 3.64. The second-order valence-corrected chi connectivity index (χ2v) is 5.52. The van der Waals surface area contributed by atoms with E-state index in [0.717, 1.165) is 0 Å². The zero-order chi connectivity index (χ0) is 15.4. The molecule has 1 aliphatic rings. The summed E-state index contributed by atoms with van der Waals surface area (Å²) in [5, 5.41) is 2.83. The van der Waals surface area contributed by atoms with E-state index < -0.39 is 6.04 Å². The Morgan fingerprint density at radius 2 is 1.95 bits per heavy atom. The van der Waals surface area contributed by atoms with Crippen LogP contribution in [0.4, 0.5) is 0 Å². The predicted octanol–water partition coefficient (Wildman–Crippen LogP) is 1.20. The Balaban J connectivity index is 2.06. The van der Waals surface area contributed by atoms with Crippen LogP contribution in [0.15, 0.2) is 16.7 Å². The summed E-state index contributed by atoms with van der Waals surface area (Å²) in [4.78, 5) is 26.6. The summed E-state index contributed by atoms with van der Waals surface area (Å²) < 4.78 is 10.4. The van der Waals surface area contributed by atoms with Crippen LogP contribution in [0.3, 0.4) is 0 Å². The topological polar surface area (TPSA) is 71.8 Å². The molecule has 6 nitrogen and oxygen atoms in total. The van der Waals surface area contributed by atoms with Gasteiger partial charge in [-0.2, -0.15) is 0 Å². The number of amides is 2. The molecule has 0 saturated carbocycles. The highest BCUT2D eigenvalue weighted by Gasteiger charge is 2.30. The minimum Gasteiger partial charge on any atom is -0.469 e. The molecule has 1 N–H and O–H groups in total. The molecular weight excluding hydrogens is 272 g/mol. The summed E-state index contributed by atoms with van der Waals surface area (Å²) in [5.41, 5.74) is 0.468. The van der Waals surface area contributed by atoms with E-state index in [1.807, 2.05) is 13.8 Å². The van der Waals surface area contributed by atoms with Gasteiger partial charge in [-0.05, 0) is 18.9 Å². The molecule has 1 atom stereocenters. The molecule has 0 aromatic carbocycles. The number of hydrogen-bond acceptors (Lipinski definition) is 4. The van der Waals surface area contributed by atoms with Crippen LogP contribution in [-0.2, 0) is 9.53 Å². The summed E-state index contributed by atoms with van der Waals surface area (Å²) in [6.45, 7) is 7.81. The molecule has 0 radical (unpaired) electrons. The van der Waals surface area contributed by atoms with Crippen LogP contribution in [0.1, 0.15) is 30.0 Å². The molecule has 0 unspecified atom stereocenters. The van der Waals surface area contributed by atoms with E-state index in [1.165, 1.54) is 6.26 Å². The summed E-state index contributed by atoms with van der Waals surface area (Å²) >= 11 is 0. The maximum Gasteiger partial charge on any atom is 0.255 e. The maximum absolute atomic E-state index is 12.6. The summed E-state index contributed by atoms with van der Waals surface area (Å²) in [7, 11) is 0. The van der Waals surface area contributed by atoms with Crippen molar-refractivity contribution in [2.45, 2.75) is 26.8 Å². The minimum absolute atomic E-state index is 0.0107. The molecule has 21 heavy (non-hydrogen) atoms. The number of aryl methyl sites for hydroxylation is 1. The molecule has 0 bridgehead atoms. The number of hydrogen-bond donors (Lipinski definition) is 1.